The Morgan fingerprint density at radius 2 is 2.39 bits per heavy atom. The second-order valence-electron chi connectivity index (χ2n) is 4.82. The van der Waals surface area contributed by atoms with E-state index >= 15 is 0 Å². The average molecular weight is 249 g/mol. The maximum atomic E-state index is 12.0. The zero-order chi connectivity index (χ0) is 13.1. The molecule has 1 aliphatic heterocycles. The fraction of sp³-hybridized carbons (Fsp3) is 0.538. The number of carbonyl (C=O) groups is 1. The van der Waals surface area contributed by atoms with Gasteiger partial charge in [-0.1, -0.05) is 0 Å². The van der Waals surface area contributed by atoms with Crippen molar-refractivity contribution in [3.8, 4) is 0 Å². The lowest BCUT2D eigenvalue weighted by Gasteiger charge is -2.19. The predicted octanol–water partition coefficient (Wildman–Crippen LogP) is 1.18. The number of esters is 1. The SMILES string of the molecule is CC(C)OC(=O)c1cccnc1N1CC[C@@H](N)C1. The van der Waals surface area contributed by atoms with Crippen LogP contribution in [0.2, 0.25) is 0 Å². The summed E-state index contributed by atoms with van der Waals surface area (Å²) in [6.07, 6.45) is 2.48. The maximum Gasteiger partial charge on any atom is 0.342 e. The van der Waals surface area contributed by atoms with E-state index in [1.54, 1.807) is 18.3 Å². The van der Waals surface area contributed by atoms with Crippen LogP contribution in [0.15, 0.2) is 18.3 Å². The summed E-state index contributed by atoms with van der Waals surface area (Å²) >= 11 is 0. The van der Waals surface area contributed by atoms with E-state index in [1.807, 2.05) is 18.7 Å². The molecule has 2 N–H and O–H groups in total. The van der Waals surface area contributed by atoms with E-state index in [-0.39, 0.29) is 18.1 Å². The normalized spacial score (nSPS) is 19.3. The van der Waals surface area contributed by atoms with Gasteiger partial charge in [0.05, 0.1) is 6.10 Å². The summed E-state index contributed by atoms with van der Waals surface area (Å²) in [6.45, 7) is 5.23. The van der Waals surface area contributed by atoms with Crippen molar-refractivity contribution < 1.29 is 9.53 Å². The molecule has 98 valence electrons. The summed E-state index contributed by atoms with van der Waals surface area (Å²) in [7, 11) is 0. The van der Waals surface area contributed by atoms with Crippen LogP contribution in [0.25, 0.3) is 0 Å². The van der Waals surface area contributed by atoms with Crippen LogP contribution >= 0.6 is 0 Å². The smallest absolute Gasteiger partial charge is 0.342 e. The second-order valence-corrected chi connectivity index (χ2v) is 4.82. The van der Waals surface area contributed by atoms with Crippen molar-refractivity contribution in [1.29, 1.82) is 0 Å². The van der Waals surface area contributed by atoms with Gasteiger partial charge in [-0.25, -0.2) is 9.78 Å². The van der Waals surface area contributed by atoms with Crippen molar-refractivity contribution in [2.75, 3.05) is 18.0 Å². The molecule has 0 radical (unpaired) electrons. The van der Waals surface area contributed by atoms with Crippen LogP contribution in [0.5, 0.6) is 0 Å². The topological polar surface area (TPSA) is 68.5 Å². The minimum atomic E-state index is -0.325. The molecule has 2 rings (SSSR count). The summed E-state index contributed by atoms with van der Waals surface area (Å²) in [5.41, 5.74) is 6.40. The number of hydrogen-bond acceptors (Lipinski definition) is 5. The Hall–Kier alpha value is -1.62. The van der Waals surface area contributed by atoms with E-state index < -0.39 is 0 Å². The molecule has 1 atom stereocenters. The molecular formula is C13H19N3O2. The molecule has 1 aromatic heterocycles. The van der Waals surface area contributed by atoms with Gasteiger partial charge in [-0.2, -0.15) is 0 Å². The first-order chi connectivity index (χ1) is 8.58. The third-order valence-corrected chi connectivity index (χ3v) is 2.87. The second kappa shape index (κ2) is 5.35. The Balaban J connectivity index is 2.22. The first-order valence-corrected chi connectivity index (χ1v) is 6.24. The van der Waals surface area contributed by atoms with Crippen LogP contribution < -0.4 is 10.6 Å². The molecule has 0 bridgehead atoms. The van der Waals surface area contributed by atoms with Crippen LogP contribution in [-0.2, 0) is 4.74 Å². The summed E-state index contributed by atoms with van der Waals surface area (Å²) in [5, 5.41) is 0. The zero-order valence-corrected chi connectivity index (χ0v) is 10.8. The molecule has 1 saturated heterocycles. The lowest BCUT2D eigenvalue weighted by atomic mass is 10.2. The first kappa shape index (κ1) is 12.8. The largest absolute Gasteiger partial charge is 0.459 e. The quantitative estimate of drug-likeness (QED) is 0.815. The van der Waals surface area contributed by atoms with Gasteiger partial charge in [0.1, 0.15) is 11.4 Å². The molecule has 1 aromatic rings. The van der Waals surface area contributed by atoms with Gasteiger partial charge in [0.15, 0.2) is 0 Å². The fourth-order valence-electron chi connectivity index (χ4n) is 2.07. The number of nitrogens with two attached hydrogens (primary N) is 1. The van der Waals surface area contributed by atoms with Crippen LogP contribution in [0.3, 0.4) is 0 Å². The summed E-state index contributed by atoms with van der Waals surface area (Å²) in [6, 6.07) is 3.65. The summed E-state index contributed by atoms with van der Waals surface area (Å²) in [4.78, 5) is 18.3. The molecule has 0 aromatic carbocycles. The Labute approximate surface area is 107 Å². The third kappa shape index (κ3) is 2.79. The molecular weight excluding hydrogens is 230 g/mol. The van der Waals surface area contributed by atoms with Gasteiger partial charge >= 0.3 is 5.97 Å². The number of aromatic nitrogens is 1. The number of hydrogen-bond donors (Lipinski definition) is 1. The number of carbonyl (C=O) groups excluding carboxylic acids is 1. The van der Waals surface area contributed by atoms with Crippen LogP contribution in [-0.4, -0.2) is 36.2 Å². The molecule has 2 heterocycles. The Kier molecular flexibility index (Phi) is 3.81. The number of nitrogens with zero attached hydrogens (tertiary/aromatic N) is 2. The highest BCUT2D eigenvalue weighted by Crippen LogP contribution is 2.22. The van der Waals surface area contributed by atoms with Gasteiger partial charge in [-0.3, -0.25) is 0 Å². The van der Waals surface area contributed by atoms with E-state index in [0.717, 1.165) is 19.5 Å². The Morgan fingerprint density at radius 3 is 3.00 bits per heavy atom. The third-order valence-electron chi connectivity index (χ3n) is 2.87. The maximum absolute atomic E-state index is 12.0. The monoisotopic (exact) mass is 249 g/mol. The van der Waals surface area contributed by atoms with Crippen molar-refractivity contribution in [2.24, 2.45) is 5.73 Å². The van der Waals surface area contributed by atoms with E-state index in [2.05, 4.69) is 4.98 Å². The lowest BCUT2D eigenvalue weighted by molar-refractivity contribution is 0.0378. The lowest BCUT2D eigenvalue weighted by Crippen LogP contribution is -2.28. The van der Waals surface area contributed by atoms with Crippen molar-refractivity contribution in [2.45, 2.75) is 32.4 Å². The van der Waals surface area contributed by atoms with Gasteiger partial charge in [-0.05, 0) is 32.4 Å². The van der Waals surface area contributed by atoms with E-state index in [9.17, 15) is 4.79 Å². The highest BCUT2D eigenvalue weighted by molar-refractivity contribution is 5.94. The molecule has 1 fully saturated rings. The predicted molar refractivity (Wildman–Crippen MR) is 69.6 cm³/mol. The Bertz CT molecular complexity index is 434. The number of pyridine rings is 1. The first-order valence-electron chi connectivity index (χ1n) is 6.24. The molecule has 0 spiro atoms. The molecule has 0 amide bonds. The van der Waals surface area contributed by atoms with Crippen molar-refractivity contribution in [3.63, 3.8) is 0 Å². The van der Waals surface area contributed by atoms with Crippen LogP contribution in [0, 0.1) is 0 Å². The minimum Gasteiger partial charge on any atom is -0.459 e. The zero-order valence-electron chi connectivity index (χ0n) is 10.8. The molecule has 1 aliphatic rings. The summed E-state index contributed by atoms with van der Waals surface area (Å²) in [5.74, 6) is 0.352. The van der Waals surface area contributed by atoms with E-state index in [0.29, 0.717) is 11.4 Å². The molecule has 18 heavy (non-hydrogen) atoms. The number of rotatable bonds is 3. The average Bonchev–Trinajstić information content (AvgIpc) is 2.75. The van der Waals surface area contributed by atoms with Crippen molar-refractivity contribution >= 4 is 11.8 Å². The number of ether oxygens (including phenoxy) is 1. The van der Waals surface area contributed by atoms with Gasteiger partial charge in [-0.15, -0.1) is 0 Å². The highest BCUT2D eigenvalue weighted by atomic mass is 16.5. The van der Waals surface area contributed by atoms with Gasteiger partial charge in [0.25, 0.3) is 0 Å². The fourth-order valence-corrected chi connectivity index (χ4v) is 2.07. The molecule has 0 aliphatic carbocycles. The van der Waals surface area contributed by atoms with Gasteiger partial charge in [0, 0.05) is 25.3 Å². The summed E-state index contributed by atoms with van der Waals surface area (Å²) < 4.78 is 5.23. The molecule has 5 nitrogen and oxygen atoms in total. The van der Waals surface area contributed by atoms with Crippen LogP contribution in [0.4, 0.5) is 5.82 Å². The molecule has 0 unspecified atom stereocenters. The van der Waals surface area contributed by atoms with E-state index in [4.69, 9.17) is 10.5 Å². The van der Waals surface area contributed by atoms with Gasteiger partial charge in [0.2, 0.25) is 0 Å². The van der Waals surface area contributed by atoms with Crippen molar-refractivity contribution in [1.82, 2.24) is 4.98 Å². The standard InChI is InChI=1S/C13H19N3O2/c1-9(2)18-13(17)11-4-3-6-15-12(11)16-7-5-10(14)8-16/h3-4,6,9-10H,5,7-8,14H2,1-2H3/t10-/m1/s1. The minimum absolute atomic E-state index is 0.133. The van der Waals surface area contributed by atoms with Crippen molar-refractivity contribution in [3.05, 3.63) is 23.9 Å². The number of anilines is 1. The molecule has 0 saturated carbocycles. The Morgan fingerprint density at radius 1 is 1.61 bits per heavy atom. The van der Waals surface area contributed by atoms with E-state index in [1.165, 1.54) is 0 Å². The molecule has 5 heteroatoms. The van der Waals surface area contributed by atoms with Crippen LogP contribution in [0.1, 0.15) is 30.6 Å². The van der Waals surface area contributed by atoms with Gasteiger partial charge < -0.3 is 15.4 Å². The highest BCUT2D eigenvalue weighted by Gasteiger charge is 2.25.